The molecule has 9 nitrogen and oxygen atoms in total. The number of anilines is 1. The number of aryl methyl sites for hydroxylation is 2. The van der Waals surface area contributed by atoms with E-state index in [-0.39, 0.29) is 18.9 Å². The molecule has 0 saturated heterocycles. The van der Waals surface area contributed by atoms with E-state index >= 15 is 0 Å². The molecule has 0 aliphatic heterocycles. The van der Waals surface area contributed by atoms with E-state index in [0.717, 1.165) is 0 Å². The molecule has 0 radical (unpaired) electrons. The zero-order chi connectivity index (χ0) is 22.0. The number of carbonyl (C=O) groups excluding carboxylic acids is 2. The van der Waals surface area contributed by atoms with E-state index in [1.54, 1.807) is 60.5 Å². The van der Waals surface area contributed by atoms with Gasteiger partial charge in [-0.1, -0.05) is 12.1 Å². The zero-order valence-electron chi connectivity index (χ0n) is 17.1. The molecule has 0 unspecified atom stereocenters. The summed E-state index contributed by atoms with van der Waals surface area (Å²) >= 11 is 0. The first-order chi connectivity index (χ1) is 14.9. The molecule has 0 atom stereocenters. The lowest BCUT2D eigenvalue weighted by Gasteiger charge is -2.13. The van der Waals surface area contributed by atoms with Gasteiger partial charge in [0.2, 0.25) is 5.91 Å². The van der Waals surface area contributed by atoms with Crippen molar-refractivity contribution in [3.63, 3.8) is 0 Å². The molecule has 158 valence electrons. The van der Waals surface area contributed by atoms with Crippen molar-refractivity contribution in [2.75, 3.05) is 11.9 Å². The SMILES string of the molecule is Cc1nn(C)c2nc(-c3ccco3)cc(C(=O)Nc3ccccc3OCCC(N)=O)c12. The summed E-state index contributed by atoms with van der Waals surface area (Å²) < 4.78 is 12.7. The predicted molar refractivity (Wildman–Crippen MR) is 115 cm³/mol. The Labute approximate surface area is 177 Å². The van der Waals surface area contributed by atoms with Gasteiger partial charge in [0.05, 0.1) is 41.6 Å². The molecular formula is C22H21N5O4. The minimum absolute atomic E-state index is 0.0780. The normalized spacial score (nSPS) is 10.9. The molecule has 2 amide bonds. The van der Waals surface area contributed by atoms with Gasteiger partial charge in [-0.2, -0.15) is 5.10 Å². The average Bonchev–Trinajstić information content (AvgIpc) is 3.37. The highest BCUT2D eigenvalue weighted by molar-refractivity contribution is 6.13. The number of amides is 2. The van der Waals surface area contributed by atoms with Gasteiger partial charge in [0, 0.05) is 7.05 Å². The summed E-state index contributed by atoms with van der Waals surface area (Å²) in [5.41, 5.74) is 7.83. The molecule has 9 heteroatoms. The third kappa shape index (κ3) is 4.11. The predicted octanol–water partition coefficient (Wildman–Crippen LogP) is 3.04. The smallest absolute Gasteiger partial charge is 0.256 e. The molecule has 0 aliphatic rings. The monoisotopic (exact) mass is 419 g/mol. The number of carbonyl (C=O) groups is 2. The summed E-state index contributed by atoms with van der Waals surface area (Å²) in [7, 11) is 1.78. The topological polar surface area (TPSA) is 125 Å². The van der Waals surface area contributed by atoms with E-state index in [9.17, 15) is 9.59 Å². The first-order valence-electron chi connectivity index (χ1n) is 9.63. The van der Waals surface area contributed by atoms with Crippen LogP contribution in [0.4, 0.5) is 5.69 Å². The van der Waals surface area contributed by atoms with E-state index in [4.69, 9.17) is 14.9 Å². The second kappa shape index (κ2) is 8.31. The van der Waals surface area contributed by atoms with Crippen molar-refractivity contribution < 1.29 is 18.7 Å². The van der Waals surface area contributed by atoms with Crippen molar-refractivity contribution in [2.45, 2.75) is 13.3 Å². The number of pyridine rings is 1. The number of para-hydroxylation sites is 2. The van der Waals surface area contributed by atoms with Gasteiger partial charge in [-0.3, -0.25) is 14.3 Å². The number of nitrogens with two attached hydrogens (primary N) is 1. The molecule has 1 aromatic carbocycles. The Morgan fingerprint density at radius 3 is 2.77 bits per heavy atom. The van der Waals surface area contributed by atoms with E-state index in [1.165, 1.54) is 0 Å². The van der Waals surface area contributed by atoms with Crippen molar-refractivity contribution in [2.24, 2.45) is 12.8 Å². The van der Waals surface area contributed by atoms with Gasteiger partial charge in [0.1, 0.15) is 11.4 Å². The van der Waals surface area contributed by atoms with Crippen LogP contribution in [-0.4, -0.2) is 33.2 Å². The van der Waals surface area contributed by atoms with Crippen LogP contribution in [-0.2, 0) is 11.8 Å². The summed E-state index contributed by atoms with van der Waals surface area (Å²) in [5.74, 6) is 0.182. The fraction of sp³-hybridized carbons (Fsp3) is 0.182. The minimum atomic E-state index is -0.460. The molecule has 3 N–H and O–H groups in total. The largest absolute Gasteiger partial charge is 0.491 e. The van der Waals surface area contributed by atoms with Crippen LogP contribution in [0.25, 0.3) is 22.5 Å². The van der Waals surface area contributed by atoms with Gasteiger partial charge < -0.3 is 20.2 Å². The Morgan fingerprint density at radius 2 is 2.03 bits per heavy atom. The number of rotatable bonds is 7. The number of furan rings is 1. The minimum Gasteiger partial charge on any atom is -0.491 e. The lowest BCUT2D eigenvalue weighted by molar-refractivity contribution is -0.118. The zero-order valence-corrected chi connectivity index (χ0v) is 17.1. The molecule has 31 heavy (non-hydrogen) atoms. The van der Waals surface area contributed by atoms with Gasteiger partial charge in [-0.05, 0) is 37.3 Å². The van der Waals surface area contributed by atoms with E-state index in [1.807, 2.05) is 6.92 Å². The number of hydrogen-bond donors (Lipinski definition) is 2. The molecule has 4 rings (SSSR count). The number of benzene rings is 1. The highest BCUT2D eigenvalue weighted by Gasteiger charge is 2.21. The summed E-state index contributed by atoms with van der Waals surface area (Å²) in [5, 5.41) is 7.96. The molecule has 3 aromatic heterocycles. The Hall–Kier alpha value is -4.14. The molecule has 0 aliphatic carbocycles. The number of fused-ring (bicyclic) bond motifs is 1. The van der Waals surface area contributed by atoms with Gasteiger partial charge in [-0.25, -0.2) is 4.98 Å². The number of ether oxygens (including phenoxy) is 1. The van der Waals surface area contributed by atoms with Crippen LogP contribution in [0.1, 0.15) is 22.5 Å². The van der Waals surface area contributed by atoms with Crippen LogP contribution >= 0.6 is 0 Å². The maximum Gasteiger partial charge on any atom is 0.256 e. The van der Waals surface area contributed by atoms with Crippen molar-refractivity contribution in [1.29, 1.82) is 0 Å². The van der Waals surface area contributed by atoms with Gasteiger partial charge in [-0.15, -0.1) is 0 Å². The van der Waals surface area contributed by atoms with Crippen LogP contribution < -0.4 is 15.8 Å². The number of hydrogen-bond acceptors (Lipinski definition) is 6. The third-order valence-corrected chi connectivity index (χ3v) is 4.73. The van der Waals surface area contributed by atoms with Crippen molar-refractivity contribution >= 4 is 28.5 Å². The number of aromatic nitrogens is 3. The van der Waals surface area contributed by atoms with E-state index < -0.39 is 5.91 Å². The summed E-state index contributed by atoms with van der Waals surface area (Å²) in [6.07, 6.45) is 1.63. The second-order valence-electron chi connectivity index (χ2n) is 6.96. The molecular weight excluding hydrogens is 398 g/mol. The summed E-state index contributed by atoms with van der Waals surface area (Å²) in [6.45, 7) is 1.94. The van der Waals surface area contributed by atoms with Crippen LogP contribution in [0.5, 0.6) is 5.75 Å². The summed E-state index contributed by atoms with van der Waals surface area (Å²) in [4.78, 5) is 28.9. The maximum absolute atomic E-state index is 13.3. The highest BCUT2D eigenvalue weighted by Crippen LogP contribution is 2.29. The Morgan fingerprint density at radius 1 is 1.23 bits per heavy atom. The fourth-order valence-electron chi connectivity index (χ4n) is 3.32. The molecule has 4 aromatic rings. The Balaban J connectivity index is 1.71. The van der Waals surface area contributed by atoms with Crippen molar-refractivity contribution in [1.82, 2.24) is 14.8 Å². The molecule has 0 bridgehead atoms. The standard InChI is InChI=1S/C22H21N5O4/c1-13-20-14(12-16(18-8-5-10-30-18)24-21(20)27(2)26-13)22(29)25-15-6-3-4-7-17(15)31-11-9-19(23)28/h3-8,10,12H,9,11H2,1-2H3,(H2,23,28)(H,25,29). The average molecular weight is 419 g/mol. The van der Waals surface area contributed by atoms with Crippen molar-refractivity contribution in [3.8, 4) is 17.2 Å². The number of nitrogens with zero attached hydrogens (tertiary/aromatic N) is 3. The molecule has 0 spiro atoms. The maximum atomic E-state index is 13.3. The van der Waals surface area contributed by atoms with Crippen LogP contribution in [0.2, 0.25) is 0 Å². The molecule has 0 fully saturated rings. The van der Waals surface area contributed by atoms with Gasteiger partial charge >= 0.3 is 0 Å². The van der Waals surface area contributed by atoms with Gasteiger partial charge in [0.15, 0.2) is 11.4 Å². The highest BCUT2D eigenvalue weighted by atomic mass is 16.5. The molecule has 0 saturated carbocycles. The van der Waals surface area contributed by atoms with Crippen LogP contribution in [0.15, 0.2) is 53.1 Å². The lowest BCUT2D eigenvalue weighted by atomic mass is 10.1. The lowest BCUT2D eigenvalue weighted by Crippen LogP contribution is -2.16. The number of nitrogens with one attached hydrogen (secondary N) is 1. The molecule has 3 heterocycles. The Kier molecular flexibility index (Phi) is 5.40. The quantitative estimate of drug-likeness (QED) is 0.474. The van der Waals surface area contributed by atoms with E-state index in [2.05, 4.69) is 15.4 Å². The summed E-state index contributed by atoms with van der Waals surface area (Å²) in [6, 6.07) is 12.2. The fourth-order valence-corrected chi connectivity index (χ4v) is 3.32. The third-order valence-electron chi connectivity index (χ3n) is 4.73. The first kappa shape index (κ1) is 20.1. The first-order valence-corrected chi connectivity index (χ1v) is 9.63. The van der Waals surface area contributed by atoms with E-state index in [0.29, 0.717) is 45.2 Å². The van der Waals surface area contributed by atoms with Crippen molar-refractivity contribution in [3.05, 3.63) is 60.0 Å². The van der Waals surface area contributed by atoms with Gasteiger partial charge in [0.25, 0.3) is 5.91 Å². The van der Waals surface area contributed by atoms with Crippen LogP contribution in [0, 0.1) is 6.92 Å². The number of primary amides is 1. The Bertz CT molecular complexity index is 1260. The van der Waals surface area contributed by atoms with Crippen LogP contribution in [0.3, 0.4) is 0 Å². The second-order valence-corrected chi connectivity index (χ2v) is 6.96.